The molecule has 0 aliphatic heterocycles. The molecule has 1 rings (SSSR count). The van der Waals surface area contributed by atoms with Gasteiger partial charge < -0.3 is 30.4 Å². The van der Waals surface area contributed by atoms with Crippen LogP contribution >= 0.6 is 0 Å². The Balaban J connectivity index is 2.56. The van der Waals surface area contributed by atoms with Crippen molar-refractivity contribution in [3.05, 3.63) is 24.3 Å². The highest BCUT2D eigenvalue weighted by atomic mass is 16.4. The summed E-state index contributed by atoms with van der Waals surface area (Å²) in [5.41, 5.74) is 1.13. The lowest BCUT2D eigenvalue weighted by molar-refractivity contribution is -0.304. The molecule has 16 heavy (non-hydrogen) atoms. The maximum Gasteiger partial charge on any atom is 0.0605 e. The summed E-state index contributed by atoms with van der Waals surface area (Å²) < 4.78 is 0. The molecule has 6 nitrogen and oxygen atoms in total. The van der Waals surface area contributed by atoms with Crippen LogP contribution in [0.1, 0.15) is 0 Å². The molecule has 0 unspecified atom stereocenters. The van der Waals surface area contributed by atoms with Crippen molar-refractivity contribution in [2.75, 3.05) is 23.7 Å². The topological polar surface area (TPSA) is 104 Å². The van der Waals surface area contributed by atoms with Gasteiger partial charge in [-0.2, -0.15) is 0 Å². The molecule has 0 atom stereocenters. The van der Waals surface area contributed by atoms with Gasteiger partial charge in [-0.3, -0.25) is 0 Å². The van der Waals surface area contributed by atoms with Crippen molar-refractivity contribution in [3.8, 4) is 0 Å². The molecule has 0 spiro atoms. The lowest BCUT2D eigenvalue weighted by atomic mass is 10.2. The standard InChI is InChI=1S/C10H12N2O4/c13-9(14)5-11-7-2-1-3-8(4-7)12-6-10(15)16/h1-4,11-12H,5-6H2,(H,13,14)(H,15,16)/p-2. The van der Waals surface area contributed by atoms with Crippen LogP contribution in [0.3, 0.4) is 0 Å². The van der Waals surface area contributed by atoms with Crippen LogP contribution in [0, 0.1) is 0 Å². The van der Waals surface area contributed by atoms with E-state index in [4.69, 9.17) is 0 Å². The van der Waals surface area contributed by atoms with Gasteiger partial charge in [-0.1, -0.05) is 6.07 Å². The SMILES string of the molecule is O=C([O-])CNc1cccc(NCC(=O)[O-])c1. The van der Waals surface area contributed by atoms with E-state index >= 15 is 0 Å². The molecule has 0 saturated heterocycles. The van der Waals surface area contributed by atoms with Crippen molar-refractivity contribution in [2.45, 2.75) is 0 Å². The van der Waals surface area contributed by atoms with Crippen LogP contribution in [0.25, 0.3) is 0 Å². The molecule has 6 heteroatoms. The third-order valence-corrected chi connectivity index (χ3v) is 1.74. The number of hydrogen-bond acceptors (Lipinski definition) is 6. The first-order chi connectivity index (χ1) is 7.58. The number of rotatable bonds is 6. The van der Waals surface area contributed by atoms with Crippen molar-refractivity contribution in [1.29, 1.82) is 0 Å². The number of anilines is 2. The number of hydrogen-bond donors (Lipinski definition) is 2. The zero-order valence-electron chi connectivity index (χ0n) is 8.36. The van der Waals surface area contributed by atoms with E-state index in [0.29, 0.717) is 11.4 Å². The lowest BCUT2D eigenvalue weighted by Gasteiger charge is -2.10. The third-order valence-electron chi connectivity index (χ3n) is 1.74. The molecule has 1 aromatic rings. The number of carboxylic acids is 2. The average molecular weight is 222 g/mol. The minimum Gasteiger partial charge on any atom is -0.548 e. The smallest absolute Gasteiger partial charge is 0.0605 e. The van der Waals surface area contributed by atoms with E-state index < -0.39 is 11.9 Å². The predicted octanol–water partition coefficient (Wildman–Crippen LogP) is -1.99. The van der Waals surface area contributed by atoms with Crippen molar-refractivity contribution in [1.82, 2.24) is 0 Å². The Kier molecular flexibility index (Phi) is 4.14. The largest absolute Gasteiger partial charge is 0.548 e. The van der Waals surface area contributed by atoms with Gasteiger partial charge in [-0.25, -0.2) is 0 Å². The predicted molar refractivity (Wildman–Crippen MR) is 53.4 cm³/mol. The zero-order valence-corrected chi connectivity index (χ0v) is 8.36. The summed E-state index contributed by atoms with van der Waals surface area (Å²) in [5.74, 6) is -2.43. The molecule has 0 aliphatic carbocycles. The second-order valence-corrected chi connectivity index (χ2v) is 3.03. The Hall–Kier alpha value is -2.24. The molecule has 0 fully saturated rings. The first-order valence-corrected chi connectivity index (χ1v) is 4.55. The van der Waals surface area contributed by atoms with E-state index in [1.54, 1.807) is 24.3 Å². The molecule has 0 heterocycles. The van der Waals surface area contributed by atoms with Gasteiger partial charge in [-0.05, 0) is 18.2 Å². The maximum atomic E-state index is 10.2. The maximum absolute atomic E-state index is 10.2. The van der Waals surface area contributed by atoms with E-state index in [1.807, 2.05) is 0 Å². The molecule has 1 aromatic carbocycles. The van der Waals surface area contributed by atoms with Gasteiger partial charge in [0.05, 0.1) is 25.0 Å². The summed E-state index contributed by atoms with van der Waals surface area (Å²) in [6.45, 7) is -0.603. The molecule has 0 amide bonds. The fraction of sp³-hybridized carbons (Fsp3) is 0.200. The molecule has 86 valence electrons. The molecule has 2 N–H and O–H groups in total. The Labute approximate surface area is 91.9 Å². The highest BCUT2D eigenvalue weighted by Crippen LogP contribution is 2.14. The minimum absolute atomic E-state index is 0.302. The molecule has 0 radical (unpaired) electrons. The highest BCUT2D eigenvalue weighted by molar-refractivity contribution is 5.73. The molecular formula is C10H10N2O4-2. The fourth-order valence-electron chi connectivity index (χ4n) is 1.09. The van der Waals surface area contributed by atoms with Crippen LogP contribution in [0.15, 0.2) is 24.3 Å². The van der Waals surface area contributed by atoms with E-state index in [0.717, 1.165) is 0 Å². The van der Waals surface area contributed by atoms with Crippen LogP contribution in [0.5, 0.6) is 0 Å². The number of benzene rings is 1. The van der Waals surface area contributed by atoms with Gasteiger partial charge in [0.1, 0.15) is 0 Å². The quantitative estimate of drug-likeness (QED) is 0.577. The number of nitrogens with one attached hydrogen (secondary N) is 2. The summed E-state index contributed by atoms with van der Waals surface area (Å²) >= 11 is 0. The first kappa shape index (κ1) is 11.8. The van der Waals surface area contributed by atoms with E-state index in [2.05, 4.69) is 10.6 Å². The zero-order chi connectivity index (χ0) is 12.0. The summed E-state index contributed by atoms with van der Waals surface area (Å²) in [4.78, 5) is 20.4. The van der Waals surface area contributed by atoms with Crippen LogP contribution in [-0.4, -0.2) is 25.0 Å². The Morgan fingerprint density at radius 3 is 1.81 bits per heavy atom. The van der Waals surface area contributed by atoms with E-state index in [-0.39, 0.29) is 13.1 Å². The van der Waals surface area contributed by atoms with Crippen molar-refractivity contribution in [2.24, 2.45) is 0 Å². The molecular weight excluding hydrogens is 212 g/mol. The monoisotopic (exact) mass is 222 g/mol. The summed E-state index contributed by atoms with van der Waals surface area (Å²) in [7, 11) is 0. The Morgan fingerprint density at radius 2 is 1.44 bits per heavy atom. The number of carbonyl (C=O) groups excluding carboxylic acids is 2. The Bertz CT molecular complexity index is 359. The molecule has 0 saturated carbocycles. The number of carboxylic acid groups (broad SMARTS) is 2. The second kappa shape index (κ2) is 5.59. The summed E-state index contributed by atoms with van der Waals surface area (Å²) in [6, 6.07) is 6.57. The normalized spacial score (nSPS) is 9.50. The van der Waals surface area contributed by atoms with Gasteiger partial charge in [0.2, 0.25) is 0 Å². The minimum atomic E-state index is -1.21. The number of aliphatic carboxylic acids is 2. The first-order valence-electron chi connectivity index (χ1n) is 4.55. The summed E-state index contributed by atoms with van der Waals surface area (Å²) in [6.07, 6.45) is 0. The Morgan fingerprint density at radius 1 is 1.00 bits per heavy atom. The van der Waals surface area contributed by atoms with Crippen molar-refractivity contribution < 1.29 is 19.8 Å². The van der Waals surface area contributed by atoms with Gasteiger partial charge in [0, 0.05) is 11.4 Å². The van der Waals surface area contributed by atoms with Crippen LogP contribution in [0.4, 0.5) is 11.4 Å². The van der Waals surface area contributed by atoms with Crippen molar-refractivity contribution >= 4 is 23.3 Å². The molecule has 0 aliphatic rings. The van der Waals surface area contributed by atoms with Gasteiger partial charge >= 0.3 is 0 Å². The fourth-order valence-corrected chi connectivity index (χ4v) is 1.09. The third kappa shape index (κ3) is 4.32. The van der Waals surface area contributed by atoms with Crippen molar-refractivity contribution in [3.63, 3.8) is 0 Å². The van der Waals surface area contributed by atoms with E-state index in [1.165, 1.54) is 0 Å². The van der Waals surface area contributed by atoms with Crippen LogP contribution in [-0.2, 0) is 9.59 Å². The highest BCUT2D eigenvalue weighted by Gasteiger charge is 1.95. The molecule has 0 aromatic heterocycles. The number of carbonyl (C=O) groups is 2. The molecule has 0 bridgehead atoms. The van der Waals surface area contributed by atoms with Gasteiger partial charge in [0.25, 0.3) is 0 Å². The lowest BCUT2D eigenvalue weighted by Crippen LogP contribution is -2.30. The van der Waals surface area contributed by atoms with Crippen LogP contribution in [0.2, 0.25) is 0 Å². The average Bonchev–Trinajstić information content (AvgIpc) is 2.24. The van der Waals surface area contributed by atoms with Gasteiger partial charge in [-0.15, -0.1) is 0 Å². The van der Waals surface area contributed by atoms with E-state index in [9.17, 15) is 19.8 Å². The second-order valence-electron chi connectivity index (χ2n) is 3.03. The van der Waals surface area contributed by atoms with Gasteiger partial charge in [0.15, 0.2) is 0 Å². The summed E-state index contributed by atoms with van der Waals surface area (Å²) in [5, 5.41) is 25.6. The van der Waals surface area contributed by atoms with Crippen LogP contribution < -0.4 is 20.8 Å².